The van der Waals surface area contributed by atoms with Crippen molar-refractivity contribution < 1.29 is 9.53 Å². The minimum atomic E-state index is -0.497. The third-order valence-electron chi connectivity index (χ3n) is 3.82. The summed E-state index contributed by atoms with van der Waals surface area (Å²) < 4.78 is 6.55. The van der Waals surface area contributed by atoms with E-state index in [1.807, 2.05) is 31.2 Å². The van der Waals surface area contributed by atoms with Crippen molar-refractivity contribution in [3.8, 4) is 17.0 Å². The molecule has 0 spiro atoms. The van der Waals surface area contributed by atoms with Gasteiger partial charge in [-0.1, -0.05) is 13.3 Å². The van der Waals surface area contributed by atoms with Gasteiger partial charge in [-0.25, -0.2) is 14.5 Å². The van der Waals surface area contributed by atoms with Crippen LogP contribution < -0.4 is 15.7 Å². The Morgan fingerprint density at radius 1 is 1.30 bits per heavy atom. The predicted octanol–water partition coefficient (Wildman–Crippen LogP) is 2.84. The Morgan fingerprint density at radius 3 is 2.63 bits per heavy atom. The van der Waals surface area contributed by atoms with E-state index in [2.05, 4.69) is 27.3 Å². The van der Waals surface area contributed by atoms with Crippen molar-refractivity contribution in [3.63, 3.8) is 0 Å². The lowest BCUT2D eigenvalue weighted by Crippen LogP contribution is -2.14. The van der Waals surface area contributed by atoms with Crippen molar-refractivity contribution in [2.45, 2.75) is 26.7 Å². The topological polar surface area (TPSA) is 102 Å². The Bertz CT molecular complexity index is 987. The number of aromatic amines is 1. The molecule has 0 saturated heterocycles. The standard InChI is InChI=1S/C18H21N5O3S/c1-4-6-13-14(11-7-9-12(10-8-11)26-5-2)19-17(27-13)21-16(24)15-20-18(25)23(3)22-15/h7-10H,4-6H2,1-3H3,(H,19,21,24)(H,20,22,25). The van der Waals surface area contributed by atoms with Crippen LogP contribution in [0.15, 0.2) is 29.1 Å². The minimum absolute atomic E-state index is 0.0441. The average Bonchev–Trinajstić information content (AvgIpc) is 3.20. The molecule has 0 aliphatic heterocycles. The summed E-state index contributed by atoms with van der Waals surface area (Å²) in [5.74, 6) is 0.265. The van der Waals surface area contributed by atoms with Gasteiger partial charge in [0.25, 0.3) is 5.91 Å². The summed E-state index contributed by atoms with van der Waals surface area (Å²) in [5, 5.41) is 7.05. The molecule has 0 radical (unpaired) electrons. The summed E-state index contributed by atoms with van der Waals surface area (Å²) in [6.07, 6.45) is 1.82. The lowest BCUT2D eigenvalue weighted by molar-refractivity contribution is 0.101. The van der Waals surface area contributed by atoms with Gasteiger partial charge in [-0.15, -0.1) is 16.4 Å². The van der Waals surface area contributed by atoms with Gasteiger partial charge in [-0.05, 0) is 37.6 Å². The number of carbonyl (C=O) groups excluding carboxylic acids is 1. The van der Waals surface area contributed by atoms with Crippen molar-refractivity contribution >= 4 is 22.4 Å². The second-order valence-electron chi connectivity index (χ2n) is 5.85. The first-order chi connectivity index (χ1) is 13.0. The molecule has 0 bridgehead atoms. The molecule has 0 fully saturated rings. The number of benzene rings is 1. The maximum absolute atomic E-state index is 12.3. The maximum Gasteiger partial charge on any atom is 0.343 e. The fourth-order valence-electron chi connectivity index (χ4n) is 2.56. The number of thiazole rings is 1. The van der Waals surface area contributed by atoms with Crippen molar-refractivity contribution in [1.82, 2.24) is 19.7 Å². The summed E-state index contributed by atoms with van der Waals surface area (Å²) in [6.45, 7) is 4.65. The van der Waals surface area contributed by atoms with Crippen molar-refractivity contribution in [2.24, 2.45) is 7.05 Å². The molecule has 0 saturated carbocycles. The Morgan fingerprint density at radius 2 is 2.04 bits per heavy atom. The number of aryl methyl sites for hydroxylation is 2. The number of hydrogen-bond donors (Lipinski definition) is 2. The molecule has 1 aromatic carbocycles. The van der Waals surface area contributed by atoms with Crippen LogP contribution in [0.2, 0.25) is 0 Å². The van der Waals surface area contributed by atoms with E-state index in [1.54, 1.807) is 0 Å². The van der Waals surface area contributed by atoms with Gasteiger partial charge in [0.05, 0.1) is 12.3 Å². The number of hydrogen-bond acceptors (Lipinski definition) is 6. The quantitative estimate of drug-likeness (QED) is 0.649. The zero-order valence-electron chi connectivity index (χ0n) is 15.4. The van der Waals surface area contributed by atoms with Gasteiger partial charge >= 0.3 is 5.69 Å². The highest BCUT2D eigenvalue weighted by molar-refractivity contribution is 7.16. The molecule has 1 amide bonds. The maximum atomic E-state index is 12.3. The summed E-state index contributed by atoms with van der Waals surface area (Å²) in [6, 6.07) is 7.73. The molecule has 0 aliphatic rings. The predicted molar refractivity (Wildman–Crippen MR) is 104 cm³/mol. The molecule has 142 valence electrons. The van der Waals surface area contributed by atoms with E-state index in [0.717, 1.165) is 39.4 Å². The highest BCUT2D eigenvalue weighted by Crippen LogP contribution is 2.33. The molecule has 2 aromatic heterocycles. The Hall–Kier alpha value is -2.94. The lowest BCUT2D eigenvalue weighted by atomic mass is 10.1. The van der Waals surface area contributed by atoms with E-state index < -0.39 is 11.6 Å². The van der Waals surface area contributed by atoms with Gasteiger partial charge in [0, 0.05) is 17.5 Å². The van der Waals surface area contributed by atoms with E-state index in [-0.39, 0.29) is 5.82 Å². The van der Waals surface area contributed by atoms with E-state index in [0.29, 0.717) is 11.7 Å². The highest BCUT2D eigenvalue weighted by Gasteiger charge is 2.17. The number of carbonyl (C=O) groups is 1. The van der Waals surface area contributed by atoms with Gasteiger partial charge in [-0.3, -0.25) is 15.1 Å². The van der Waals surface area contributed by atoms with E-state index in [4.69, 9.17) is 4.74 Å². The zero-order valence-corrected chi connectivity index (χ0v) is 16.2. The van der Waals surface area contributed by atoms with E-state index in [9.17, 15) is 9.59 Å². The van der Waals surface area contributed by atoms with Crippen LogP contribution in [-0.2, 0) is 13.5 Å². The van der Waals surface area contributed by atoms with Crippen LogP contribution in [0.1, 0.15) is 35.8 Å². The number of amides is 1. The molecule has 8 nitrogen and oxygen atoms in total. The Labute approximate surface area is 160 Å². The molecule has 2 heterocycles. The summed E-state index contributed by atoms with van der Waals surface area (Å²) >= 11 is 1.43. The summed E-state index contributed by atoms with van der Waals surface area (Å²) in [7, 11) is 1.47. The van der Waals surface area contributed by atoms with Crippen molar-refractivity contribution in [1.29, 1.82) is 0 Å². The van der Waals surface area contributed by atoms with Gasteiger partial charge < -0.3 is 4.74 Å². The number of nitrogens with zero attached hydrogens (tertiary/aromatic N) is 3. The molecule has 0 atom stereocenters. The number of H-pyrrole nitrogens is 1. The molecule has 3 rings (SSSR count). The van der Waals surface area contributed by atoms with Crippen LogP contribution in [0.5, 0.6) is 5.75 Å². The molecule has 0 unspecified atom stereocenters. The monoisotopic (exact) mass is 387 g/mol. The van der Waals surface area contributed by atoms with Crippen LogP contribution in [-0.4, -0.2) is 32.3 Å². The number of ether oxygens (including phenoxy) is 1. The van der Waals surface area contributed by atoms with Crippen LogP contribution in [0.25, 0.3) is 11.3 Å². The fourth-order valence-corrected chi connectivity index (χ4v) is 3.64. The molecular formula is C18H21N5O3S. The van der Waals surface area contributed by atoms with Gasteiger partial charge in [0.2, 0.25) is 5.82 Å². The first-order valence-corrected chi connectivity index (χ1v) is 9.51. The van der Waals surface area contributed by atoms with Crippen LogP contribution in [0, 0.1) is 0 Å². The largest absolute Gasteiger partial charge is 0.494 e. The summed E-state index contributed by atoms with van der Waals surface area (Å²) in [5.41, 5.74) is 1.36. The Kier molecular flexibility index (Phi) is 5.70. The van der Waals surface area contributed by atoms with Gasteiger partial charge in [0.1, 0.15) is 5.75 Å². The molecule has 27 heavy (non-hydrogen) atoms. The van der Waals surface area contributed by atoms with Crippen molar-refractivity contribution in [2.75, 3.05) is 11.9 Å². The van der Waals surface area contributed by atoms with Gasteiger partial charge in [-0.2, -0.15) is 0 Å². The first kappa shape index (κ1) is 18.8. The molecule has 2 N–H and O–H groups in total. The Balaban J connectivity index is 1.86. The number of aromatic nitrogens is 4. The van der Waals surface area contributed by atoms with Crippen LogP contribution in [0.3, 0.4) is 0 Å². The minimum Gasteiger partial charge on any atom is -0.494 e. The molecule has 0 aliphatic carbocycles. The lowest BCUT2D eigenvalue weighted by Gasteiger charge is -2.05. The average molecular weight is 387 g/mol. The fraction of sp³-hybridized carbons (Fsp3) is 0.333. The van der Waals surface area contributed by atoms with E-state index >= 15 is 0 Å². The van der Waals surface area contributed by atoms with E-state index in [1.165, 1.54) is 18.4 Å². The van der Waals surface area contributed by atoms with Crippen LogP contribution in [0.4, 0.5) is 5.13 Å². The normalized spacial score (nSPS) is 10.8. The first-order valence-electron chi connectivity index (χ1n) is 8.69. The van der Waals surface area contributed by atoms with Crippen LogP contribution >= 0.6 is 11.3 Å². The summed E-state index contributed by atoms with van der Waals surface area (Å²) in [4.78, 5) is 31.8. The number of anilines is 1. The van der Waals surface area contributed by atoms with Gasteiger partial charge in [0.15, 0.2) is 5.13 Å². The second-order valence-corrected chi connectivity index (χ2v) is 6.94. The highest BCUT2D eigenvalue weighted by atomic mass is 32.1. The SMILES string of the molecule is CCCc1sc(NC(=O)c2nn(C)c(=O)[nH]2)nc1-c1ccc(OCC)cc1. The number of rotatable bonds is 7. The zero-order chi connectivity index (χ0) is 19.4. The third-order valence-corrected chi connectivity index (χ3v) is 4.85. The molecule has 3 aromatic rings. The third kappa shape index (κ3) is 4.25. The molecular weight excluding hydrogens is 366 g/mol. The second kappa shape index (κ2) is 8.17. The van der Waals surface area contributed by atoms with Crippen molar-refractivity contribution in [3.05, 3.63) is 45.5 Å². The smallest absolute Gasteiger partial charge is 0.343 e. The molecule has 9 heteroatoms. The number of nitrogens with one attached hydrogen (secondary N) is 2.